The van der Waals surface area contributed by atoms with Gasteiger partial charge in [-0.25, -0.2) is 4.79 Å². The van der Waals surface area contributed by atoms with Crippen molar-refractivity contribution in [2.24, 2.45) is 0 Å². The van der Waals surface area contributed by atoms with E-state index in [0.29, 0.717) is 5.69 Å². The minimum absolute atomic E-state index is 0.0213. The first-order valence-electron chi connectivity index (χ1n) is 9.64. The number of rotatable bonds is 4. The molecular formula is C22H22N4O3S. The molecule has 4 rings (SSSR count). The van der Waals surface area contributed by atoms with Crippen LogP contribution in [-0.4, -0.2) is 44.2 Å². The topological polar surface area (TPSA) is 81.7 Å². The number of carbonyl (C=O) groups excluding carboxylic acids is 1. The van der Waals surface area contributed by atoms with E-state index >= 15 is 0 Å². The highest BCUT2D eigenvalue weighted by atomic mass is 32.1. The minimum atomic E-state index is -0.670. The second-order valence-electron chi connectivity index (χ2n) is 7.20. The third kappa shape index (κ3) is 4.32. The van der Waals surface area contributed by atoms with Gasteiger partial charge in [-0.05, 0) is 55.2 Å². The highest BCUT2D eigenvalue weighted by Crippen LogP contribution is 2.37. The largest absolute Gasteiger partial charge is 0.419 e. The van der Waals surface area contributed by atoms with Crippen LogP contribution in [0.15, 0.2) is 46.2 Å². The van der Waals surface area contributed by atoms with E-state index in [1.165, 1.54) is 12.1 Å². The Kier molecular flexibility index (Phi) is 5.74. The van der Waals surface area contributed by atoms with Crippen LogP contribution in [0.2, 0.25) is 0 Å². The van der Waals surface area contributed by atoms with E-state index < -0.39 is 6.09 Å². The van der Waals surface area contributed by atoms with E-state index in [1.54, 1.807) is 11.3 Å². The molecule has 1 saturated heterocycles. The van der Waals surface area contributed by atoms with E-state index in [1.807, 2.05) is 23.6 Å². The van der Waals surface area contributed by atoms with Gasteiger partial charge in [0.25, 0.3) is 5.95 Å². The number of piperazine rings is 1. The molecule has 0 aliphatic carbocycles. The Hall–Kier alpha value is -3.28. The number of furan rings is 1. The van der Waals surface area contributed by atoms with E-state index in [-0.39, 0.29) is 11.7 Å². The van der Waals surface area contributed by atoms with E-state index in [0.717, 1.165) is 47.9 Å². The molecule has 3 heterocycles. The molecule has 1 amide bonds. The molecule has 30 heavy (non-hydrogen) atoms. The Morgan fingerprint density at radius 2 is 2.00 bits per heavy atom. The Labute approximate surface area is 179 Å². The van der Waals surface area contributed by atoms with Gasteiger partial charge in [-0.1, -0.05) is 0 Å². The summed E-state index contributed by atoms with van der Waals surface area (Å²) >= 11 is 1.64. The molecule has 154 valence electrons. The Balaban J connectivity index is 1.59. The molecule has 0 atom stereocenters. The number of nitrogens with zero attached hydrogens (tertiary/aromatic N) is 3. The number of anilines is 2. The molecule has 1 aliphatic rings. The van der Waals surface area contributed by atoms with E-state index in [4.69, 9.17) is 14.4 Å². The first kappa shape index (κ1) is 20.0. The second kappa shape index (κ2) is 8.61. The summed E-state index contributed by atoms with van der Waals surface area (Å²) < 4.78 is 10.3. The molecule has 0 spiro atoms. The summed E-state index contributed by atoms with van der Waals surface area (Å²) in [6, 6.07) is 12.9. The van der Waals surface area contributed by atoms with Crippen LogP contribution in [0.5, 0.6) is 5.95 Å². The van der Waals surface area contributed by atoms with Gasteiger partial charge in [0.05, 0.1) is 5.69 Å². The fourth-order valence-corrected chi connectivity index (χ4v) is 4.36. The normalized spacial score (nSPS) is 14.4. The maximum absolute atomic E-state index is 12.4. The lowest BCUT2D eigenvalue weighted by molar-refractivity contribution is 0.202. The van der Waals surface area contributed by atoms with Crippen LogP contribution in [0.3, 0.4) is 0 Å². The van der Waals surface area contributed by atoms with Gasteiger partial charge >= 0.3 is 6.09 Å². The van der Waals surface area contributed by atoms with Crippen LogP contribution in [0.4, 0.5) is 16.2 Å². The Bertz CT molecular complexity index is 1090. The predicted octanol–water partition coefficient (Wildman–Crippen LogP) is 4.55. The van der Waals surface area contributed by atoms with Gasteiger partial charge in [-0.3, -0.25) is 5.32 Å². The first-order chi connectivity index (χ1) is 14.5. The van der Waals surface area contributed by atoms with Gasteiger partial charge in [-0.15, -0.1) is 11.3 Å². The lowest BCUT2D eigenvalue weighted by Gasteiger charge is -2.34. The van der Waals surface area contributed by atoms with Crippen LogP contribution in [0.1, 0.15) is 11.3 Å². The number of likely N-dealkylation sites (N-methyl/N-ethyl adjacent to an activating group) is 1. The number of aryl methyl sites for hydroxylation is 1. The van der Waals surface area contributed by atoms with Crippen molar-refractivity contribution < 1.29 is 13.9 Å². The molecular weight excluding hydrogens is 400 g/mol. The summed E-state index contributed by atoms with van der Waals surface area (Å²) in [4.78, 5) is 18.2. The zero-order valence-corrected chi connectivity index (χ0v) is 17.7. The lowest BCUT2D eigenvalue weighted by Crippen LogP contribution is -2.44. The summed E-state index contributed by atoms with van der Waals surface area (Å²) in [7, 11) is 2.13. The average Bonchev–Trinajstić information content (AvgIpc) is 3.37. The molecule has 0 radical (unpaired) electrons. The number of amides is 1. The van der Waals surface area contributed by atoms with Crippen molar-refractivity contribution in [2.75, 3.05) is 43.4 Å². The molecule has 0 saturated carbocycles. The third-order valence-corrected chi connectivity index (χ3v) is 6.15. The number of nitrogens with one attached hydrogen (secondary N) is 1. The fourth-order valence-electron chi connectivity index (χ4n) is 3.40. The SMILES string of the molecule is Cc1ccsc1-c1cc(N2CCN(C)CC2)ccc1NC(=O)Oc1ccc(C#N)o1. The summed E-state index contributed by atoms with van der Waals surface area (Å²) in [5, 5.41) is 13.7. The zero-order chi connectivity index (χ0) is 21.1. The minimum Gasteiger partial charge on any atom is -0.414 e. The summed E-state index contributed by atoms with van der Waals surface area (Å²) in [5.74, 6) is 0.0659. The van der Waals surface area contributed by atoms with E-state index in [2.05, 4.69) is 41.2 Å². The van der Waals surface area contributed by atoms with Crippen molar-refractivity contribution in [1.82, 2.24) is 4.90 Å². The highest BCUT2D eigenvalue weighted by molar-refractivity contribution is 7.13. The fraction of sp³-hybridized carbons (Fsp3) is 0.273. The number of nitriles is 1. The number of thiophene rings is 1. The molecule has 1 aromatic carbocycles. The molecule has 3 aromatic rings. The van der Waals surface area contributed by atoms with Crippen molar-refractivity contribution in [3.8, 4) is 22.5 Å². The quantitative estimate of drug-likeness (QED) is 0.664. The zero-order valence-electron chi connectivity index (χ0n) is 16.8. The number of carbonyl (C=O) groups is 1. The van der Waals surface area contributed by atoms with Crippen molar-refractivity contribution >= 4 is 28.8 Å². The van der Waals surface area contributed by atoms with Gasteiger partial charge < -0.3 is 19.0 Å². The summed E-state index contributed by atoms with van der Waals surface area (Å²) in [6.07, 6.45) is -0.670. The monoisotopic (exact) mass is 422 g/mol. The molecule has 0 unspecified atom stereocenters. The van der Waals surface area contributed by atoms with Gasteiger partial charge in [0.15, 0.2) is 0 Å². The van der Waals surface area contributed by atoms with Gasteiger partial charge in [-0.2, -0.15) is 5.26 Å². The van der Waals surface area contributed by atoms with Crippen LogP contribution >= 0.6 is 11.3 Å². The van der Waals surface area contributed by atoms with Crippen LogP contribution in [0.25, 0.3) is 10.4 Å². The number of benzene rings is 1. The maximum atomic E-state index is 12.4. The van der Waals surface area contributed by atoms with Gasteiger partial charge in [0, 0.05) is 48.4 Å². The van der Waals surface area contributed by atoms with Gasteiger partial charge in [0.1, 0.15) is 6.07 Å². The molecule has 1 aliphatic heterocycles. The maximum Gasteiger partial charge on any atom is 0.419 e. The molecule has 1 N–H and O–H groups in total. The summed E-state index contributed by atoms with van der Waals surface area (Å²) in [5.41, 5.74) is 3.90. The van der Waals surface area contributed by atoms with Crippen LogP contribution in [0, 0.1) is 18.3 Å². The van der Waals surface area contributed by atoms with Crippen LogP contribution < -0.4 is 15.0 Å². The molecule has 8 heteroatoms. The first-order valence-corrected chi connectivity index (χ1v) is 10.5. The third-order valence-electron chi connectivity index (χ3n) is 5.10. The van der Waals surface area contributed by atoms with Crippen LogP contribution in [-0.2, 0) is 0 Å². The van der Waals surface area contributed by atoms with Crippen molar-refractivity contribution in [3.63, 3.8) is 0 Å². The predicted molar refractivity (Wildman–Crippen MR) is 117 cm³/mol. The molecule has 0 bridgehead atoms. The average molecular weight is 423 g/mol. The number of hydrogen-bond donors (Lipinski definition) is 1. The van der Waals surface area contributed by atoms with Crippen molar-refractivity contribution in [3.05, 3.63) is 53.1 Å². The van der Waals surface area contributed by atoms with Crippen molar-refractivity contribution in [1.29, 1.82) is 5.26 Å². The highest BCUT2D eigenvalue weighted by Gasteiger charge is 2.19. The molecule has 2 aromatic heterocycles. The van der Waals surface area contributed by atoms with E-state index in [9.17, 15) is 4.79 Å². The smallest absolute Gasteiger partial charge is 0.414 e. The summed E-state index contributed by atoms with van der Waals surface area (Å²) in [6.45, 7) is 6.03. The number of ether oxygens (including phenoxy) is 1. The van der Waals surface area contributed by atoms with Crippen molar-refractivity contribution in [2.45, 2.75) is 6.92 Å². The lowest BCUT2D eigenvalue weighted by atomic mass is 10.1. The number of hydrogen-bond acceptors (Lipinski definition) is 7. The molecule has 1 fully saturated rings. The standard InChI is InChI=1S/C22H22N4O3S/c1-15-7-12-30-21(15)18-13-16(26-10-8-25(2)9-11-26)3-5-19(18)24-22(27)29-20-6-4-17(14-23)28-20/h3-7,12-13H,8-11H2,1-2H3,(H,24,27). The Morgan fingerprint density at radius 3 is 2.67 bits per heavy atom. The second-order valence-corrected chi connectivity index (χ2v) is 8.11. The Morgan fingerprint density at radius 1 is 1.20 bits per heavy atom. The molecule has 7 nitrogen and oxygen atoms in total. The van der Waals surface area contributed by atoms with Gasteiger partial charge in [0.2, 0.25) is 5.76 Å².